The first-order valence-electron chi connectivity index (χ1n) is 4.72. The Hall–Kier alpha value is -1.84. The summed E-state index contributed by atoms with van der Waals surface area (Å²) in [6.07, 6.45) is 3.58. The Kier molecular flexibility index (Phi) is 2.41. The van der Waals surface area contributed by atoms with Gasteiger partial charge in [-0.3, -0.25) is 9.67 Å². The second-order valence-corrected chi connectivity index (χ2v) is 3.35. The molecule has 4 nitrogen and oxygen atoms in total. The quantitative estimate of drug-likeness (QED) is 0.747. The average molecular weight is 203 g/mol. The van der Waals surface area contributed by atoms with Gasteiger partial charge in [0.1, 0.15) is 11.4 Å². The zero-order valence-electron chi connectivity index (χ0n) is 9.06. The maximum atomic E-state index is 5.28. The van der Waals surface area contributed by atoms with Gasteiger partial charge in [0.05, 0.1) is 19.0 Å². The van der Waals surface area contributed by atoms with Gasteiger partial charge in [-0.05, 0) is 24.6 Å². The van der Waals surface area contributed by atoms with Gasteiger partial charge in [-0.15, -0.1) is 0 Å². The van der Waals surface area contributed by atoms with Crippen LogP contribution < -0.4 is 4.74 Å². The van der Waals surface area contributed by atoms with Crippen LogP contribution in [0.25, 0.3) is 11.4 Å². The van der Waals surface area contributed by atoms with E-state index in [9.17, 15) is 0 Å². The molecule has 0 aliphatic heterocycles. The van der Waals surface area contributed by atoms with Gasteiger partial charge in [0.25, 0.3) is 0 Å². The molecule has 78 valence electrons. The average Bonchev–Trinajstić information content (AvgIpc) is 2.59. The number of rotatable bonds is 2. The van der Waals surface area contributed by atoms with E-state index in [1.807, 2.05) is 32.3 Å². The minimum absolute atomic E-state index is 0.768. The van der Waals surface area contributed by atoms with Gasteiger partial charge in [0, 0.05) is 13.2 Å². The van der Waals surface area contributed by atoms with Crippen LogP contribution in [0.3, 0.4) is 0 Å². The van der Waals surface area contributed by atoms with Crippen LogP contribution in [0.2, 0.25) is 0 Å². The van der Waals surface area contributed by atoms with Crippen molar-refractivity contribution in [3.05, 3.63) is 30.1 Å². The summed E-state index contributed by atoms with van der Waals surface area (Å²) in [4.78, 5) is 4.33. The van der Waals surface area contributed by atoms with E-state index in [1.54, 1.807) is 18.0 Å². The lowest BCUT2D eigenvalue weighted by Crippen LogP contribution is -1.98. The molecule has 0 N–H and O–H groups in total. The van der Waals surface area contributed by atoms with Crippen molar-refractivity contribution in [2.45, 2.75) is 6.92 Å². The Morgan fingerprint density at radius 1 is 1.40 bits per heavy atom. The summed E-state index contributed by atoms with van der Waals surface area (Å²) >= 11 is 0. The standard InChI is InChI=1S/C11H13N3O/c1-8-7-13-14(2)11(8)10-9(15-3)5-4-6-12-10/h4-7H,1-3H3. The van der Waals surface area contributed by atoms with E-state index < -0.39 is 0 Å². The summed E-state index contributed by atoms with van der Waals surface area (Å²) in [5.74, 6) is 0.768. The largest absolute Gasteiger partial charge is 0.494 e. The molecule has 0 atom stereocenters. The minimum Gasteiger partial charge on any atom is -0.494 e. The number of aryl methyl sites for hydroxylation is 2. The molecule has 4 heteroatoms. The van der Waals surface area contributed by atoms with Crippen LogP contribution in [0, 0.1) is 6.92 Å². The summed E-state index contributed by atoms with van der Waals surface area (Å²) < 4.78 is 7.08. The van der Waals surface area contributed by atoms with Crippen LogP contribution in [0.1, 0.15) is 5.56 Å². The van der Waals surface area contributed by atoms with Crippen molar-refractivity contribution in [1.29, 1.82) is 0 Å². The van der Waals surface area contributed by atoms with Gasteiger partial charge in [0.15, 0.2) is 0 Å². The molecule has 0 aromatic carbocycles. The topological polar surface area (TPSA) is 39.9 Å². The predicted octanol–water partition coefficient (Wildman–Crippen LogP) is 1.80. The fourth-order valence-corrected chi connectivity index (χ4v) is 1.62. The molecule has 0 bridgehead atoms. The Labute approximate surface area is 88.5 Å². The Bertz CT molecular complexity index is 457. The fraction of sp³-hybridized carbons (Fsp3) is 0.273. The van der Waals surface area contributed by atoms with Gasteiger partial charge in [0.2, 0.25) is 0 Å². The zero-order chi connectivity index (χ0) is 10.8. The first-order valence-corrected chi connectivity index (χ1v) is 4.72. The molecule has 0 unspecified atom stereocenters. The van der Waals surface area contributed by atoms with E-state index in [4.69, 9.17) is 4.74 Å². The Balaban J connectivity index is 2.63. The Morgan fingerprint density at radius 2 is 2.20 bits per heavy atom. The highest BCUT2D eigenvalue weighted by Gasteiger charge is 2.13. The van der Waals surface area contributed by atoms with Gasteiger partial charge in [-0.25, -0.2) is 0 Å². The lowest BCUT2D eigenvalue weighted by molar-refractivity contribution is 0.414. The fourth-order valence-electron chi connectivity index (χ4n) is 1.62. The monoisotopic (exact) mass is 203 g/mol. The highest BCUT2D eigenvalue weighted by atomic mass is 16.5. The number of pyridine rings is 1. The van der Waals surface area contributed by atoms with Crippen molar-refractivity contribution in [2.75, 3.05) is 7.11 Å². The smallest absolute Gasteiger partial charge is 0.146 e. The third-order valence-electron chi connectivity index (χ3n) is 2.34. The minimum atomic E-state index is 0.768. The third kappa shape index (κ3) is 1.58. The number of hydrogen-bond donors (Lipinski definition) is 0. The van der Waals surface area contributed by atoms with Crippen LogP contribution in [-0.4, -0.2) is 21.9 Å². The Morgan fingerprint density at radius 3 is 2.80 bits per heavy atom. The zero-order valence-corrected chi connectivity index (χ0v) is 9.06. The van der Waals surface area contributed by atoms with Crippen molar-refractivity contribution in [2.24, 2.45) is 7.05 Å². The number of ether oxygens (including phenoxy) is 1. The van der Waals surface area contributed by atoms with Gasteiger partial charge >= 0.3 is 0 Å². The molecule has 15 heavy (non-hydrogen) atoms. The van der Waals surface area contributed by atoms with E-state index in [0.717, 1.165) is 22.7 Å². The third-order valence-corrected chi connectivity index (χ3v) is 2.34. The van der Waals surface area contributed by atoms with Crippen molar-refractivity contribution in [3.8, 4) is 17.1 Å². The van der Waals surface area contributed by atoms with Gasteiger partial charge in [-0.1, -0.05) is 0 Å². The summed E-state index contributed by atoms with van der Waals surface area (Å²) in [6, 6.07) is 3.75. The lowest BCUT2D eigenvalue weighted by Gasteiger charge is -2.07. The highest BCUT2D eigenvalue weighted by molar-refractivity contribution is 5.65. The highest BCUT2D eigenvalue weighted by Crippen LogP contribution is 2.28. The summed E-state index contributed by atoms with van der Waals surface area (Å²) in [5.41, 5.74) is 2.92. The first kappa shape index (κ1) is 9.71. The molecule has 0 radical (unpaired) electrons. The van der Waals surface area contributed by atoms with Crippen molar-refractivity contribution < 1.29 is 4.74 Å². The molecular weight excluding hydrogens is 190 g/mol. The van der Waals surface area contributed by atoms with Gasteiger partial charge < -0.3 is 4.74 Å². The number of methoxy groups -OCH3 is 1. The molecule has 0 amide bonds. The first-order chi connectivity index (χ1) is 7.24. The van der Waals surface area contributed by atoms with Crippen LogP contribution in [0.5, 0.6) is 5.75 Å². The molecular formula is C11H13N3O. The van der Waals surface area contributed by atoms with Crippen LogP contribution >= 0.6 is 0 Å². The van der Waals surface area contributed by atoms with Crippen molar-refractivity contribution in [3.63, 3.8) is 0 Å². The van der Waals surface area contributed by atoms with E-state index in [-0.39, 0.29) is 0 Å². The van der Waals surface area contributed by atoms with E-state index in [0.29, 0.717) is 0 Å². The second-order valence-electron chi connectivity index (χ2n) is 3.35. The molecule has 0 saturated carbocycles. The van der Waals surface area contributed by atoms with Crippen LogP contribution in [0.4, 0.5) is 0 Å². The molecule has 0 saturated heterocycles. The summed E-state index contributed by atoms with van der Waals surface area (Å²) in [5, 5.41) is 4.19. The van der Waals surface area contributed by atoms with Crippen molar-refractivity contribution >= 4 is 0 Å². The van der Waals surface area contributed by atoms with E-state index in [1.165, 1.54) is 0 Å². The lowest BCUT2D eigenvalue weighted by atomic mass is 10.2. The predicted molar refractivity (Wildman–Crippen MR) is 57.7 cm³/mol. The van der Waals surface area contributed by atoms with E-state index >= 15 is 0 Å². The molecule has 2 aromatic rings. The molecule has 2 rings (SSSR count). The molecule has 0 aliphatic rings. The normalized spacial score (nSPS) is 10.3. The molecule has 2 heterocycles. The molecule has 0 spiro atoms. The number of nitrogens with zero attached hydrogens (tertiary/aromatic N) is 3. The number of hydrogen-bond acceptors (Lipinski definition) is 3. The maximum Gasteiger partial charge on any atom is 0.146 e. The van der Waals surface area contributed by atoms with Gasteiger partial charge in [-0.2, -0.15) is 5.10 Å². The van der Waals surface area contributed by atoms with Crippen LogP contribution in [-0.2, 0) is 7.05 Å². The maximum absolute atomic E-state index is 5.28. The summed E-state index contributed by atoms with van der Waals surface area (Å²) in [7, 11) is 3.54. The molecule has 0 aliphatic carbocycles. The molecule has 2 aromatic heterocycles. The van der Waals surface area contributed by atoms with Crippen molar-refractivity contribution in [1.82, 2.24) is 14.8 Å². The second kappa shape index (κ2) is 3.73. The SMILES string of the molecule is COc1cccnc1-c1c(C)cnn1C. The van der Waals surface area contributed by atoms with Crippen LogP contribution in [0.15, 0.2) is 24.5 Å². The number of aromatic nitrogens is 3. The van der Waals surface area contributed by atoms with E-state index in [2.05, 4.69) is 10.1 Å². The molecule has 0 fully saturated rings. The summed E-state index contributed by atoms with van der Waals surface area (Å²) in [6.45, 7) is 2.01.